The Hall–Kier alpha value is -2.21. The summed E-state index contributed by atoms with van der Waals surface area (Å²) in [6.07, 6.45) is -4.65. The van der Waals surface area contributed by atoms with Crippen molar-refractivity contribution in [3.05, 3.63) is 28.8 Å². The van der Waals surface area contributed by atoms with E-state index in [-0.39, 0.29) is 5.56 Å². The molecule has 0 heterocycles. The molecular formula is C9H4F3N3. The molecule has 0 radical (unpaired) electrons. The van der Waals surface area contributed by atoms with Crippen LogP contribution in [0.3, 0.4) is 0 Å². The monoisotopic (exact) mass is 211 g/mol. The molecule has 0 saturated carbocycles. The number of nitrogens with two attached hydrogens (primary N) is 1. The lowest BCUT2D eigenvalue weighted by atomic mass is 10.0. The number of hydrogen-bond acceptors (Lipinski definition) is 3. The van der Waals surface area contributed by atoms with E-state index < -0.39 is 23.0 Å². The summed E-state index contributed by atoms with van der Waals surface area (Å²) in [5.74, 6) is 0. The lowest BCUT2D eigenvalue weighted by molar-refractivity contribution is -0.137. The Kier molecular flexibility index (Phi) is 2.54. The summed E-state index contributed by atoms with van der Waals surface area (Å²) < 4.78 is 37.1. The van der Waals surface area contributed by atoms with E-state index >= 15 is 0 Å². The van der Waals surface area contributed by atoms with Gasteiger partial charge < -0.3 is 5.73 Å². The minimum atomic E-state index is -4.65. The number of anilines is 1. The van der Waals surface area contributed by atoms with Crippen LogP contribution in [0, 0.1) is 22.7 Å². The third kappa shape index (κ3) is 1.84. The van der Waals surface area contributed by atoms with Crippen molar-refractivity contribution in [2.75, 3.05) is 5.73 Å². The summed E-state index contributed by atoms with van der Waals surface area (Å²) in [6, 6.07) is 4.57. The van der Waals surface area contributed by atoms with E-state index in [1.165, 1.54) is 6.07 Å². The Labute approximate surface area is 83.1 Å². The fourth-order valence-electron chi connectivity index (χ4n) is 1.07. The zero-order valence-electron chi connectivity index (χ0n) is 7.26. The quantitative estimate of drug-likeness (QED) is 0.667. The smallest absolute Gasteiger partial charge is 0.397 e. The van der Waals surface area contributed by atoms with Crippen LogP contribution in [-0.4, -0.2) is 0 Å². The van der Waals surface area contributed by atoms with Crippen molar-refractivity contribution in [3.8, 4) is 12.1 Å². The lowest BCUT2D eigenvalue weighted by Crippen LogP contribution is -2.10. The molecule has 3 nitrogen and oxygen atoms in total. The van der Waals surface area contributed by atoms with Gasteiger partial charge >= 0.3 is 6.18 Å². The first-order chi connectivity index (χ1) is 6.91. The molecular weight excluding hydrogens is 207 g/mol. The summed E-state index contributed by atoms with van der Waals surface area (Å²) in [5.41, 5.74) is 2.85. The first kappa shape index (κ1) is 10.9. The van der Waals surface area contributed by atoms with Gasteiger partial charge in [-0.1, -0.05) is 0 Å². The van der Waals surface area contributed by atoms with Crippen LogP contribution < -0.4 is 5.73 Å². The Bertz CT molecular complexity index is 477. The first-order valence-corrected chi connectivity index (χ1v) is 3.71. The van der Waals surface area contributed by atoms with Gasteiger partial charge in [0.25, 0.3) is 0 Å². The highest BCUT2D eigenvalue weighted by Crippen LogP contribution is 2.34. The average molecular weight is 211 g/mol. The van der Waals surface area contributed by atoms with Gasteiger partial charge in [-0.3, -0.25) is 0 Å². The Morgan fingerprint density at radius 2 is 1.73 bits per heavy atom. The zero-order valence-corrected chi connectivity index (χ0v) is 7.26. The van der Waals surface area contributed by atoms with Crippen LogP contribution in [0.5, 0.6) is 0 Å². The molecule has 0 aliphatic heterocycles. The normalized spacial score (nSPS) is 10.5. The van der Waals surface area contributed by atoms with Gasteiger partial charge in [0.1, 0.15) is 12.1 Å². The third-order valence-corrected chi connectivity index (χ3v) is 1.78. The van der Waals surface area contributed by atoms with E-state index in [0.29, 0.717) is 6.07 Å². The molecule has 0 atom stereocenters. The van der Waals surface area contributed by atoms with Gasteiger partial charge in [0, 0.05) is 0 Å². The summed E-state index contributed by atoms with van der Waals surface area (Å²) in [7, 11) is 0. The van der Waals surface area contributed by atoms with Crippen molar-refractivity contribution >= 4 is 5.69 Å². The van der Waals surface area contributed by atoms with Gasteiger partial charge in [-0.25, -0.2) is 0 Å². The molecule has 1 rings (SSSR count). The third-order valence-electron chi connectivity index (χ3n) is 1.78. The summed E-state index contributed by atoms with van der Waals surface area (Å²) in [6.45, 7) is 0. The second-order valence-corrected chi connectivity index (χ2v) is 2.67. The molecule has 76 valence electrons. The maximum absolute atomic E-state index is 12.4. The summed E-state index contributed by atoms with van der Waals surface area (Å²) in [4.78, 5) is 0. The Balaban J connectivity index is 3.56. The van der Waals surface area contributed by atoms with Crippen LogP contribution in [0.4, 0.5) is 18.9 Å². The molecule has 1 aromatic carbocycles. The Morgan fingerprint density at radius 3 is 2.13 bits per heavy atom. The largest absolute Gasteiger partial charge is 0.417 e. The van der Waals surface area contributed by atoms with Crippen LogP contribution in [-0.2, 0) is 6.18 Å². The van der Waals surface area contributed by atoms with E-state index in [4.69, 9.17) is 16.3 Å². The van der Waals surface area contributed by atoms with Crippen LogP contribution in [0.25, 0.3) is 0 Å². The molecule has 0 spiro atoms. The molecule has 0 fully saturated rings. The van der Waals surface area contributed by atoms with Gasteiger partial charge in [0.2, 0.25) is 0 Å². The number of nitrogen functional groups attached to an aromatic ring is 1. The number of rotatable bonds is 0. The van der Waals surface area contributed by atoms with Gasteiger partial charge in [0.05, 0.1) is 22.4 Å². The fraction of sp³-hybridized carbons (Fsp3) is 0.111. The van der Waals surface area contributed by atoms with E-state index in [2.05, 4.69) is 0 Å². The maximum Gasteiger partial charge on any atom is 0.417 e. The van der Waals surface area contributed by atoms with Crippen LogP contribution in [0.1, 0.15) is 16.7 Å². The van der Waals surface area contributed by atoms with E-state index in [1.807, 2.05) is 0 Å². The van der Waals surface area contributed by atoms with Crippen LogP contribution in [0.2, 0.25) is 0 Å². The van der Waals surface area contributed by atoms with Crippen molar-refractivity contribution in [2.45, 2.75) is 6.18 Å². The SMILES string of the molecule is N#Cc1ccc(C(F)(F)F)c(C#N)c1N. The van der Waals surface area contributed by atoms with Crippen molar-refractivity contribution in [3.63, 3.8) is 0 Å². The molecule has 0 saturated heterocycles. The van der Waals surface area contributed by atoms with E-state index in [9.17, 15) is 13.2 Å². The average Bonchev–Trinajstić information content (AvgIpc) is 2.15. The number of nitrogens with zero attached hydrogens (tertiary/aromatic N) is 2. The number of hydrogen-bond donors (Lipinski definition) is 1. The van der Waals surface area contributed by atoms with Crippen molar-refractivity contribution in [2.24, 2.45) is 0 Å². The van der Waals surface area contributed by atoms with Crippen LogP contribution >= 0.6 is 0 Å². The van der Waals surface area contributed by atoms with E-state index in [0.717, 1.165) is 6.07 Å². The Morgan fingerprint density at radius 1 is 1.13 bits per heavy atom. The van der Waals surface area contributed by atoms with Crippen molar-refractivity contribution in [1.82, 2.24) is 0 Å². The van der Waals surface area contributed by atoms with Crippen molar-refractivity contribution < 1.29 is 13.2 Å². The second kappa shape index (κ2) is 3.50. The fourth-order valence-corrected chi connectivity index (χ4v) is 1.07. The predicted octanol–water partition coefficient (Wildman–Crippen LogP) is 2.03. The molecule has 2 N–H and O–H groups in total. The number of alkyl halides is 3. The molecule has 6 heteroatoms. The van der Waals surface area contributed by atoms with Crippen molar-refractivity contribution in [1.29, 1.82) is 10.5 Å². The highest BCUT2D eigenvalue weighted by molar-refractivity contribution is 5.66. The first-order valence-electron chi connectivity index (χ1n) is 3.71. The highest BCUT2D eigenvalue weighted by atomic mass is 19.4. The molecule has 0 unspecified atom stereocenters. The summed E-state index contributed by atoms with van der Waals surface area (Å²) >= 11 is 0. The second-order valence-electron chi connectivity index (χ2n) is 2.67. The molecule has 1 aromatic rings. The van der Waals surface area contributed by atoms with Gasteiger partial charge in [-0.2, -0.15) is 23.7 Å². The standard InChI is InChI=1S/C9H4F3N3/c10-9(11,12)7-2-1-5(3-13)8(15)6(7)4-14/h1-2H,15H2. The zero-order chi connectivity index (χ0) is 11.6. The molecule has 15 heavy (non-hydrogen) atoms. The van der Waals surface area contributed by atoms with E-state index in [1.54, 1.807) is 6.07 Å². The number of halogens is 3. The minimum Gasteiger partial charge on any atom is -0.397 e. The van der Waals surface area contributed by atoms with Gasteiger partial charge in [0.15, 0.2) is 0 Å². The maximum atomic E-state index is 12.4. The molecule has 0 aromatic heterocycles. The molecule has 0 aliphatic carbocycles. The van der Waals surface area contributed by atoms with Crippen LogP contribution in [0.15, 0.2) is 12.1 Å². The van der Waals surface area contributed by atoms with Gasteiger partial charge in [-0.05, 0) is 12.1 Å². The highest BCUT2D eigenvalue weighted by Gasteiger charge is 2.34. The van der Waals surface area contributed by atoms with Gasteiger partial charge in [-0.15, -0.1) is 0 Å². The predicted molar refractivity (Wildman–Crippen MR) is 45.3 cm³/mol. The topological polar surface area (TPSA) is 73.6 Å². The molecule has 0 amide bonds. The minimum absolute atomic E-state index is 0.139. The lowest BCUT2D eigenvalue weighted by Gasteiger charge is -2.10. The number of benzene rings is 1. The summed E-state index contributed by atoms with van der Waals surface area (Å²) in [5, 5.41) is 17.1. The number of nitriles is 2. The molecule has 0 bridgehead atoms. The molecule has 0 aliphatic rings.